The van der Waals surface area contributed by atoms with Gasteiger partial charge in [-0.2, -0.15) is 0 Å². The highest BCUT2D eigenvalue weighted by molar-refractivity contribution is 7.89. The number of sulfonamides is 1. The molecule has 0 saturated heterocycles. The summed E-state index contributed by atoms with van der Waals surface area (Å²) in [6, 6.07) is 18.3. The van der Waals surface area contributed by atoms with E-state index >= 15 is 0 Å². The number of aryl methyl sites for hydroxylation is 1. The van der Waals surface area contributed by atoms with Gasteiger partial charge in [-0.15, -0.1) is 0 Å². The Kier molecular flexibility index (Phi) is 6.22. The van der Waals surface area contributed by atoms with Crippen molar-refractivity contribution in [3.63, 3.8) is 0 Å². The first-order chi connectivity index (χ1) is 13.7. The van der Waals surface area contributed by atoms with E-state index < -0.39 is 10.0 Å². The van der Waals surface area contributed by atoms with Crippen LogP contribution in [-0.4, -0.2) is 14.3 Å². The molecule has 0 radical (unpaired) electrons. The van der Waals surface area contributed by atoms with E-state index in [0.717, 1.165) is 5.56 Å². The first kappa shape index (κ1) is 20.9. The number of hydrogen-bond acceptors (Lipinski definition) is 4. The largest absolute Gasteiger partial charge is 0.455 e. The van der Waals surface area contributed by atoms with Crippen molar-refractivity contribution in [2.24, 2.45) is 5.14 Å². The van der Waals surface area contributed by atoms with Crippen molar-refractivity contribution < 1.29 is 17.9 Å². The van der Waals surface area contributed by atoms with Gasteiger partial charge in [-0.25, -0.2) is 13.6 Å². The summed E-state index contributed by atoms with van der Waals surface area (Å²) in [5.41, 5.74) is 2.18. The van der Waals surface area contributed by atoms with Crippen molar-refractivity contribution in [2.75, 3.05) is 5.32 Å². The number of nitrogens with two attached hydrogens (primary N) is 1. The Bertz CT molecular complexity index is 1130. The fraction of sp³-hybridized carbons (Fsp3) is 0.0952. The second-order valence-electron chi connectivity index (χ2n) is 6.47. The lowest BCUT2D eigenvalue weighted by Crippen LogP contribution is -2.15. The molecular formula is C21H19ClN2O4S. The van der Waals surface area contributed by atoms with Gasteiger partial charge in [-0.05, 0) is 55.0 Å². The third-order valence-corrected chi connectivity index (χ3v) is 5.25. The van der Waals surface area contributed by atoms with E-state index in [2.05, 4.69) is 5.32 Å². The molecule has 150 valence electrons. The molecule has 0 unspecified atom stereocenters. The van der Waals surface area contributed by atoms with Crippen molar-refractivity contribution in [3.8, 4) is 11.5 Å². The molecule has 8 heteroatoms. The number of nitrogens with one attached hydrogen (secondary N) is 1. The third kappa shape index (κ3) is 5.80. The summed E-state index contributed by atoms with van der Waals surface area (Å²) < 4.78 is 28.5. The van der Waals surface area contributed by atoms with Gasteiger partial charge >= 0.3 is 0 Å². The van der Waals surface area contributed by atoms with E-state index in [1.54, 1.807) is 30.3 Å². The van der Waals surface area contributed by atoms with Gasteiger partial charge in [0.1, 0.15) is 5.75 Å². The molecule has 3 aromatic rings. The Morgan fingerprint density at radius 1 is 1.03 bits per heavy atom. The zero-order valence-corrected chi connectivity index (χ0v) is 17.1. The van der Waals surface area contributed by atoms with E-state index in [4.69, 9.17) is 21.5 Å². The van der Waals surface area contributed by atoms with Gasteiger partial charge in [0.05, 0.1) is 17.0 Å². The van der Waals surface area contributed by atoms with E-state index in [1.807, 2.05) is 31.2 Å². The predicted octanol–water partition coefficient (Wildman–Crippen LogP) is 4.27. The van der Waals surface area contributed by atoms with Gasteiger partial charge in [0.25, 0.3) is 0 Å². The zero-order chi connectivity index (χ0) is 21.0. The highest BCUT2D eigenvalue weighted by Gasteiger charge is 2.12. The molecule has 1 amide bonds. The molecule has 0 aliphatic heterocycles. The number of hydrogen-bond donors (Lipinski definition) is 2. The highest BCUT2D eigenvalue weighted by Crippen LogP contribution is 2.32. The number of carbonyl (C=O) groups excluding carboxylic acids is 1. The van der Waals surface area contributed by atoms with Gasteiger partial charge < -0.3 is 10.1 Å². The molecule has 0 aliphatic carbocycles. The van der Waals surface area contributed by atoms with Crippen LogP contribution >= 0.6 is 11.6 Å². The zero-order valence-electron chi connectivity index (χ0n) is 15.6. The maximum atomic E-state index is 12.5. The number of anilines is 1. The molecule has 3 N–H and O–H groups in total. The maximum Gasteiger partial charge on any atom is 0.238 e. The number of amides is 1. The normalized spacial score (nSPS) is 11.1. The minimum absolute atomic E-state index is 0.00900. The summed E-state index contributed by atoms with van der Waals surface area (Å²) in [5, 5.41) is 8.32. The highest BCUT2D eigenvalue weighted by atomic mass is 35.5. The van der Waals surface area contributed by atoms with Crippen molar-refractivity contribution >= 4 is 33.2 Å². The third-order valence-electron chi connectivity index (χ3n) is 4.08. The Hall–Kier alpha value is -2.87. The Balaban J connectivity index is 1.74. The van der Waals surface area contributed by atoms with E-state index in [-0.39, 0.29) is 17.2 Å². The van der Waals surface area contributed by atoms with Gasteiger partial charge in [0, 0.05) is 5.02 Å². The standard InChI is InChI=1S/C21H19ClN2O4S/c1-14-2-7-17(8-3-14)28-20-11-6-16(22)13-19(20)24-21(25)12-15-4-9-18(10-5-15)29(23,26)27/h2-11,13H,12H2,1H3,(H,24,25)(H2,23,26,27). The topological polar surface area (TPSA) is 98.5 Å². The summed E-state index contributed by atoms with van der Waals surface area (Å²) in [6.07, 6.45) is 0.0430. The monoisotopic (exact) mass is 430 g/mol. The van der Waals surface area contributed by atoms with Crippen molar-refractivity contribution in [1.29, 1.82) is 0 Å². The lowest BCUT2D eigenvalue weighted by atomic mass is 10.1. The summed E-state index contributed by atoms with van der Waals surface area (Å²) in [7, 11) is -3.77. The van der Waals surface area contributed by atoms with Crippen LogP contribution in [0.15, 0.2) is 71.6 Å². The Morgan fingerprint density at radius 2 is 1.69 bits per heavy atom. The predicted molar refractivity (Wildman–Crippen MR) is 113 cm³/mol. The average molecular weight is 431 g/mol. The van der Waals surface area contributed by atoms with Gasteiger partial charge in [-0.3, -0.25) is 4.79 Å². The summed E-state index contributed by atoms with van der Waals surface area (Å²) in [5.74, 6) is 0.785. The molecule has 3 aromatic carbocycles. The van der Waals surface area contributed by atoms with E-state index in [9.17, 15) is 13.2 Å². The van der Waals surface area contributed by atoms with E-state index in [1.165, 1.54) is 12.1 Å². The second-order valence-corrected chi connectivity index (χ2v) is 8.47. The molecule has 0 saturated carbocycles. The minimum Gasteiger partial charge on any atom is -0.455 e. The van der Waals surface area contributed by atoms with Crippen LogP contribution in [0.4, 0.5) is 5.69 Å². The lowest BCUT2D eigenvalue weighted by molar-refractivity contribution is -0.115. The van der Waals surface area contributed by atoms with Crippen LogP contribution in [0.5, 0.6) is 11.5 Å². The Morgan fingerprint density at radius 3 is 2.31 bits per heavy atom. The summed E-state index contributed by atoms with van der Waals surface area (Å²) in [6.45, 7) is 1.98. The van der Waals surface area contributed by atoms with Gasteiger partial charge in [-0.1, -0.05) is 41.4 Å². The van der Waals surface area contributed by atoms with Crippen molar-refractivity contribution in [1.82, 2.24) is 0 Å². The maximum absolute atomic E-state index is 12.5. The fourth-order valence-electron chi connectivity index (χ4n) is 2.60. The molecule has 6 nitrogen and oxygen atoms in total. The van der Waals surface area contributed by atoms with Crippen molar-refractivity contribution in [3.05, 3.63) is 82.9 Å². The molecule has 0 heterocycles. The molecule has 0 fully saturated rings. The van der Waals surface area contributed by atoms with Crippen LogP contribution in [0.1, 0.15) is 11.1 Å². The first-order valence-corrected chi connectivity index (χ1v) is 10.6. The summed E-state index contributed by atoms with van der Waals surface area (Å²) >= 11 is 6.07. The molecule has 0 atom stereocenters. The number of primary sulfonamides is 1. The number of rotatable bonds is 6. The molecule has 0 spiro atoms. The SMILES string of the molecule is Cc1ccc(Oc2ccc(Cl)cc2NC(=O)Cc2ccc(S(N)(=O)=O)cc2)cc1. The Labute approximate surface area is 174 Å². The average Bonchev–Trinajstić information content (AvgIpc) is 2.65. The van der Waals surface area contributed by atoms with Crippen LogP contribution in [-0.2, 0) is 21.2 Å². The molecular weight excluding hydrogens is 412 g/mol. The number of halogens is 1. The fourth-order valence-corrected chi connectivity index (χ4v) is 3.29. The van der Waals surface area contributed by atoms with Gasteiger partial charge in [0.15, 0.2) is 5.75 Å². The lowest BCUT2D eigenvalue weighted by Gasteiger charge is -2.13. The molecule has 3 rings (SSSR count). The quantitative estimate of drug-likeness (QED) is 0.610. The first-order valence-electron chi connectivity index (χ1n) is 8.66. The van der Waals surface area contributed by atoms with Gasteiger partial charge in [0.2, 0.25) is 15.9 Å². The molecule has 29 heavy (non-hydrogen) atoms. The summed E-state index contributed by atoms with van der Waals surface area (Å²) in [4.78, 5) is 12.5. The molecule has 0 aliphatic rings. The van der Waals surface area contributed by atoms with E-state index in [0.29, 0.717) is 27.8 Å². The van der Waals surface area contributed by atoms with Crippen molar-refractivity contribution in [2.45, 2.75) is 18.2 Å². The molecule has 0 bridgehead atoms. The number of carbonyl (C=O) groups is 1. The van der Waals surface area contributed by atoms with Crippen LogP contribution in [0.25, 0.3) is 0 Å². The number of ether oxygens (including phenoxy) is 1. The second kappa shape index (κ2) is 8.65. The van der Waals surface area contributed by atoms with Crippen LogP contribution in [0.2, 0.25) is 5.02 Å². The number of benzene rings is 3. The smallest absolute Gasteiger partial charge is 0.238 e. The molecule has 0 aromatic heterocycles. The van der Waals surface area contributed by atoms with Crippen LogP contribution in [0, 0.1) is 6.92 Å². The van der Waals surface area contributed by atoms with Crippen LogP contribution in [0.3, 0.4) is 0 Å². The minimum atomic E-state index is -3.77. The van der Waals surface area contributed by atoms with Crippen LogP contribution < -0.4 is 15.2 Å².